The van der Waals surface area contributed by atoms with Crippen molar-refractivity contribution in [2.45, 2.75) is 43.1 Å². The molecule has 1 aliphatic rings. The van der Waals surface area contributed by atoms with Crippen LogP contribution in [0, 0.1) is 0 Å². The van der Waals surface area contributed by atoms with Gasteiger partial charge in [-0.25, -0.2) is 0 Å². The molecule has 1 saturated heterocycles. The summed E-state index contributed by atoms with van der Waals surface area (Å²) in [7, 11) is -2.13. The van der Waals surface area contributed by atoms with Crippen LogP contribution in [0.2, 0.25) is 0 Å². The molecule has 12 heavy (non-hydrogen) atoms. The fourth-order valence-electron chi connectivity index (χ4n) is 1.57. The number of hydrogen-bond acceptors (Lipinski definition) is 3. The van der Waals surface area contributed by atoms with Gasteiger partial charge in [0.25, 0.3) is 5.78 Å². The second-order valence-electron chi connectivity index (χ2n) is 4.07. The Kier molecular flexibility index (Phi) is 2.57. The standard InChI is InChI=1S/C7H14NO2PS/c1-6(2)5(11(9)10)8-7(3,4)12-6/h5,8H,1-4H3/p+1. The number of nitrogens with one attached hydrogen (secondary N) is 1. The molecular weight excluding hydrogens is 193 g/mol. The van der Waals surface area contributed by atoms with Crippen LogP contribution in [0.1, 0.15) is 27.7 Å². The molecule has 2 N–H and O–H groups in total. The molecule has 1 fully saturated rings. The Morgan fingerprint density at radius 2 is 1.92 bits per heavy atom. The lowest BCUT2D eigenvalue weighted by molar-refractivity contribution is 0.437. The first-order chi connectivity index (χ1) is 5.25. The van der Waals surface area contributed by atoms with Gasteiger partial charge >= 0.3 is 8.03 Å². The molecule has 3 nitrogen and oxygen atoms in total. The Balaban J connectivity index is 2.85. The van der Waals surface area contributed by atoms with E-state index in [1.54, 1.807) is 11.8 Å². The highest BCUT2D eigenvalue weighted by Crippen LogP contribution is 2.50. The topological polar surface area (TPSA) is 49.3 Å². The molecule has 0 spiro atoms. The van der Waals surface area contributed by atoms with E-state index in [9.17, 15) is 4.57 Å². The average Bonchev–Trinajstić information content (AvgIpc) is 1.99. The van der Waals surface area contributed by atoms with E-state index in [2.05, 4.69) is 5.32 Å². The lowest BCUT2D eigenvalue weighted by Gasteiger charge is -2.18. The zero-order chi connectivity index (χ0) is 9.57. The number of rotatable bonds is 1. The Hall–Kier alpha value is 0.370. The zero-order valence-corrected chi connectivity index (χ0v) is 9.50. The van der Waals surface area contributed by atoms with Crippen LogP contribution in [0.15, 0.2) is 0 Å². The molecule has 1 aliphatic heterocycles. The Morgan fingerprint density at radius 1 is 1.42 bits per heavy atom. The lowest BCUT2D eigenvalue weighted by atomic mass is 10.2. The maximum atomic E-state index is 11.0. The first kappa shape index (κ1) is 10.5. The van der Waals surface area contributed by atoms with E-state index in [0.29, 0.717) is 0 Å². The van der Waals surface area contributed by atoms with Crippen LogP contribution in [-0.2, 0) is 4.57 Å². The Bertz CT molecular complexity index is 217. The van der Waals surface area contributed by atoms with E-state index in [1.807, 2.05) is 27.7 Å². The molecule has 0 aromatic carbocycles. The van der Waals surface area contributed by atoms with E-state index < -0.39 is 8.03 Å². The van der Waals surface area contributed by atoms with Gasteiger partial charge in [0, 0.05) is 0 Å². The van der Waals surface area contributed by atoms with E-state index in [-0.39, 0.29) is 15.4 Å². The maximum absolute atomic E-state index is 11.0. The molecule has 0 bridgehead atoms. The lowest BCUT2D eigenvalue weighted by Crippen LogP contribution is -2.38. The molecule has 5 heteroatoms. The molecular formula is C7H15NO2PS+. The van der Waals surface area contributed by atoms with Crippen molar-refractivity contribution in [3.63, 3.8) is 0 Å². The van der Waals surface area contributed by atoms with Gasteiger partial charge in [-0.2, -0.15) is 4.89 Å². The highest BCUT2D eigenvalue weighted by Gasteiger charge is 2.55. The Morgan fingerprint density at radius 3 is 2.08 bits per heavy atom. The first-order valence-corrected chi connectivity index (χ1v) is 5.97. The van der Waals surface area contributed by atoms with Crippen molar-refractivity contribution in [2.24, 2.45) is 0 Å². The fourth-order valence-corrected chi connectivity index (χ4v) is 4.71. The van der Waals surface area contributed by atoms with E-state index in [1.165, 1.54) is 0 Å². The van der Waals surface area contributed by atoms with Crippen molar-refractivity contribution in [1.29, 1.82) is 0 Å². The third kappa shape index (κ3) is 1.99. The van der Waals surface area contributed by atoms with E-state index in [0.717, 1.165) is 0 Å². The normalized spacial score (nSPS) is 33.4. The minimum atomic E-state index is -2.13. The second-order valence-corrected chi connectivity index (χ2v) is 7.46. The predicted octanol–water partition coefficient (Wildman–Crippen LogP) is 1.90. The second kappa shape index (κ2) is 2.95. The van der Waals surface area contributed by atoms with E-state index >= 15 is 0 Å². The third-order valence-corrected chi connectivity index (χ3v) is 4.66. The monoisotopic (exact) mass is 208 g/mol. The molecule has 0 aliphatic carbocycles. The van der Waals surface area contributed by atoms with Crippen molar-refractivity contribution in [1.82, 2.24) is 5.32 Å². The summed E-state index contributed by atoms with van der Waals surface area (Å²) in [6, 6.07) is 0. The molecule has 2 unspecified atom stereocenters. The molecule has 0 radical (unpaired) electrons. The maximum Gasteiger partial charge on any atom is 0.526 e. The SMILES string of the molecule is CC1(C)NC([P+](=O)O)C(C)(C)S1. The van der Waals surface area contributed by atoms with Crippen molar-refractivity contribution in [3.05, 3.63) is 0 Å². The molecule has 70 valence electrons. The van der Waals surface area contributed by atoms with Crippen molar-refractivity contribution in [2.75, 3.05) is 0 Å². The molecule has 1 heterocycles. The van der Waals surface area contributed by atoms with Gasteiger partial charge in [-0.15, -0.1) is 11.8 Å². The van der Waals surface area contributed by atoms with Gasteiger partial charge < -0.3 is 0 Å². The van der Waals surface area contributed by atoms with Crippen LogP contribution < -0.4 is 5.32 Å². The van der Waals surface area contributed by atoms with Crippen LogP contribution >= 0.6 is 19.8 Å². The van der Waals surface area contributed by atoms with Crippen LogP contribution in [0.4, 0.5) is 0 Å². The summed E-state index contributed by atoms with van der Waals surface area (Å²) < 4.78 is 10.8. The van der Waals surface area contributed by atoms with Gasteiger partial charge in [0.2, 0.25) is 0 Å². The average molecular weight is 208 g/mol. The molecule has 1 rings (SSSR count). The summed E-state index contributed by atoms with van der Waals surface area (Å²) in [4.78, 5) is 8.96. The molecule has 2 atom stereocenters. The predicted molar refractivity (Wildman–Crippen MR) is 52.5 cm³/mol. The highest BCUT2D eigenvalue weighted by atomic mass is 32.2. The van der Waals surface area contributed by atoms with Crippen molar-refractivity contribution in [3.8, 4) is 0 Å². The largest absolute Gasteiger partial charge is 0.526 e. The summed E-state index contributed by atoms with van der Waals surface area (Å²) in [6.07, 6.45) is 0. The van der Waals surface area contributed by atoms with Gasteiger partial charge in [-0.3, -0.25) is 5.32 Å². The minimum Gasteiger partial charge on any atom is -0.256 e. The van der Waals surface area contributed by atoms with Gasteiger partial charge in [-0.05, 0) is 32.3 Å². The smallest absolute Gasteiger partial charge is 0.256 e. The summed E-state index contributed by atoms with van der Waals surface area (Å²) in [5.74, 6) is -0.299. The van der Waals surface area contributed by atoms with Crippen LogP contribution in [-0.4, -0.2) is 20.3 Å². The Labute approximate surface area is 78.2 Å². The molecule has 0 amide bonds. The fraction of sp³-hybridized carbons (Fsp3) is 1.00. The highest BCUT2D eigenvalue weighted by molar-refractivity contribution is 8.02. The van der Waals surface area contributed by atoms with Gasteiger partial charge in [0.1, 0.15) is 0 Å². The molecule has 0 aromatic rings. The van der Waals surface area contributed by atoms with Gasteiger partial charge in [0.05, 0.1) is 9.62 Å². The summed E-state index contributed by atoms with van der Waals surface area (Å²) in [5, 5.41) is 3.15. The summed E-state index contributed by atoms with van der Waals surface area (Å²) in [5.41, 5.74) is 0. The van der Waals surface area contributed by atoms with Crippen LogP contribution in [0.5, 0.6) is 0 Å². The minimum absolute atomic E-state index is 0.0953. The van der Waals surface area contributed by atoms with Crippen LogP contribution in [0.25, 0.3) is 0 Å². The van der Waals surface area contributed by atoms with Gasteiger partial charge in [-0.1, -0.05) is 0 Å². The quantitative estimate of drug-likeness (QED) is 0.646. The third-order valence-electron chi connectivity index (χ3n) is 1.88. The van der Waals surface area contributed by atoms with Crippen molar-refractivity contribution < 1.29 is 9.46 Å². The molecule has 0 aromatic heterocycles. The number of hydrogen-bond donors (Lipinski definition) is 2. The van der Waals surface area contributed by atoms with Crippen LogP contribution in [0.3, 0.4) is 0 Å². The molecule has 0 saturated carbocycles. The van der Waals surface area contributed by atoms with Gasteiger partial charge in [0.15, 0.2) is 0 Å². The van der Waals surface area contributed by atoms with Crippen molar-refractivity contribution >= 4 is 19.8 Å². The summed E-state index contributed by atoms with van der Waals surface area (Å²) >= 11 is 1.71. The van der Waals surface area contributed by atoms with E-state index in [4.69, 9.17) is 4.89 Å². The first-order valence-electron chi connectivity index (χ1n) is 3.88. The summed E-state index contributed by atoms with van der Waals surface area (Å²) in [6.45, 7) is 8.04. The number of thioether (sulfide) groups is 1. The zero-order valence-electron chi connectivity index (χ0n) is 7.79.